The zero-order valence-corrected chi connectivity index (χ0v) is 9.68. The van der Waals surface area contributed by atoms with Crippen LogP contribution in [0.1, 0.15) is 5.69 Å². The standard InChI is InChI=1S/C10H8BClN4O/c12-8-7-5-11(6-13)1-3-16(7)15-9(8)10-14-2-4-17-10/h2,4H,1,3,5H2. The summed E-state index contributed by atoms with van der Waals surface area (Å²) in [5, 5.41) is 13.9. The molecule has 84 valence electrons. The van der Waals surface area contributed by atoms with Crippen LogP contribution in [0.5, 0.6) is 0 Å². The molecule has 0 aromatic carbocycles. The van der Waals surface area contributed by atoms with Crippen molar-refractivity contribution >= 4 is 18.3 Å². The van der Waals surface area contributed by atoms with E-state index in [-0.39, 0.29) is 6.71 Å². The van der Waals surface area contributed by atoms with Crippen LogP contribution >= 0.6 is 11.6 Å². The highest BCUT2D eigenvalue weighted by atomic mass is 35.5. The van der Waals surface area contributed by atoms with Gasteiger partial charge < -0.3 is 4.42 Å². The molecule has 5 nitrogen and oxygen atoms in total. The monoisotopic (exact) mass is 246 g/mol. The van der Waals surface area contributed by atoms with Gasteiger partial charge in [0.05, 0.1) is 16.9 Å². The van der Waals surface area contributed by atoms with E-state index in [9.17, 15) is 0 Å². The number of oxazole rings is 1. The van der Waals surface area contributed by atoms with Crippen molar-refractivity contribution in [3.8, 4) is 17.6 Å². The molecule has 0 N–H and O–H groups in total. The summed E-state index contributed by atoms with van der Waals surface area (Å²) >= 11 is 6.26. The van der Waals surface area contributed by atoms with E-state index in [4.69, 9.17) is 21.3 Å². The first kappa shape index (κ1) is 10.4. The van der Waals surface area contributed by atoms with Gasteiger partial charge in [0, 0.05) is 12.5 Å². The molecule has 0 spiro atoms. The van der Waals surface area contributed by atoms with E-state index in [1.807, 2.05) is 4.68 Å². The van der Waals surface area contributed by atoms with Crippen molar-refractivity contribution in [1.82, 2.24) is 14.8 Å². The lowest BCUT2D eigenvalue weighted by molar-refractivity contribution is 0.564. The van der Waals surface area contributed by atoms with Gasteiger partial charge in [-0.1, -0.05) is 11.6 Å². The molecule has 0 aliphatic carbocycles. The van der Waals surface area contributed by atoms with Crippen LogP contribution in [0.25, 0.3) is 11.6 Å². The third-order valence-electron chi connectivity index (χ3n) is 2.94. The van der Waals surface area contributed by atoms with Gasteiger partial charge in [-0.3, -0.25) is 4.68 Å². The minimum absolute atomic E-state index is 0.0223. The number of nitriles is 1. The van der Waals surface area contributed by atoms with Gasteiger partial charge in [-0.05, 0) is 12.6 Å². The molecule has 0 unspecified atom stereocenters. The maximum absolute atomic E-state index is 8.94. The Bertz CT molecular complexity index is 586. The minimum atomic E-state index is 0.0223. The second kappa shape index (κ2) is 3.93. The zero-order chi connectivity index (χ0) is 11.8. The zero-order valence-electron chi connectivity index (χ0n) is 8.93. The van der Waals surface area contributed by atoms with Crippen LogP contribution in [0.2, 0.25) is 11.3 Å². The van der Waals surface area contributed by atoms with E-state index >= 15 is 0 Å². The molecule has 2 aromatic heterocycles. The van der Waals surface area contributed by atoms with E-state index in [0.717, 1.165) is 12.0 Å². The highest BCUT2D eigenvalue weighted by molar-refractivity contribution is 6.66. The molecule has 2 aromatic rings. The molecule has 0 saturated carbocycles. The SMILES string of the molecule is N#CB1CCn2nc(-c3ncco3)c(Cl)c2C1. The Morgan fingerprint density at radius 1 is 1.59 bits per heavy atom. The van der Waals surface area contributed by atoms with E-state index in [1.54, 1.807) is 6.20 Å². The summed E-state index contributed by atoms with van der Waals surface area (Å²) in [7, 11) is 0. The maximum Gasteiger partial charge on any atom is 0.275 e. The molecule has 0 atom stereocenters. The Hall–Kier alpha value is -1.74. The number of rotatable bonds is 1. The summed E-state index contributed by atoms with van der Waals surface area (Å²) in [6.07, 6.45) is 4.50. The fraction of sp³-hybridized carbons (Fsp3) is 0.300. The lowest BCUT2D eigenvalue weighted by Crippen LogP contribution is -2.26. The molecule has 0 saturated heterocycles. The first-order valence-electron chi connectivity index (χ1n) is 5.34. The van der Waals surface area contributed by atoms with Crippen molar-refractivity contribution in [2.45, 2.75) is 19.2 Å². The number of aromatic nitrogens is 3. The molecule has 3 heterocycles. The fourth-order valence-electron chi connectivity index (χ4n) is 2.06. The second-order valence-corrected chi connectivity index (χ2v) is 4.37. The average molecular weight is 246 g/mol. The molecule has 0 bridgehead atoms. The average Bonchev–Trinajstić information content (AvgIpc) is 2.97. The predicted molar refractivity (Wildman–Crippen MR) is 62.6 cm³/mol. The van der Waals surface area contributed by atoms with Gasteiger partial charge in [-0.25, -0.2) is 10.2 Å². The van der Waals surface area contributed by atoms with Gasteiger partial charge in [0.25, 0.3) is 6.71 Å². The lowest BCUT2D eigenvalue weighted by Gasteiger charge is -2.15. The van der Waals surface area contributed by atoms with Crippen molar-refractivity contribution in [1.29, 1.82) is 5.26 Å². The Morgan fingerprint density at radius 2 is 2.47 bits per heavy atom. The first-order chi connectivity index (χ1) is 8.29. The van der Waals surface area contributed by atoms with Gasteiger partial charge in [0.2, 0.25) is 5.89 Å². The third kappa shape index (κ3) is 1.63. The fourth-order valence-corrected chi connectivity index (χ4v) is 2.35. The smallest absolute Gasteiger partial charge is 0.275 e. The maximum atomic E-state index is 8.94. The normalized spacial score (nSPS) is 14.5. The number of halogens is 1. The van der Waals surface area contributed by atoms with E-state index in [0.29, 0.717) is 29.5 Å². The molecule has 0 radical (unpaired) electrons. The Kier molecular flexibility index (Phi) is 2.41. The topological polar surface area (TPSA) is 67.6 Å². The molecular weight excluding hydrogens is 238 g/mol. The number of fused-ring (bicyclic) bond motifs is 1. The van der Waals surface area contributed by atoms with E-state index in [2.05, 4.69) is 16.1 Å². The van der Waals surface area contributed by atoms with Crippen LogP contribution in [0.3, 0.4) is 0 Å². The summed E-state index contributed by atoms with van der Waals surface area (Å²) < 4.78 is 7.04. The van der Waals surface area contributed by atoms with Crippen molar-refractivity contribution in [3.05, 3.63) is 23.2 Å². The molecular formula is C10H8BClN4O. The van der Waals surface area contributed by atoms with Crippen molar-refractivity contribution in [2.75, 3.05) is 0 Å². The quantitative estimate of drug-likeness (QED) is 0.720. The van der Waals surface area contributed by atoms with Crippen LogP contribution < -0.4 is 0 Å². The van der Waals surface area contributed by atoms with E-state index < -0.39 is 0 Å². The van der Waals surface area contributed by atoms with Crippen LogP contribution in [0.15, 0.2) is 16.9 Å². The van der Waals surface area contributed by atoms with Crippen LogP contribution in [0.4, 0.5) is 0 Å². The van der Waals surface area contributed by atoms with Gasteiger partial charge in [-0.15, -0.1) is 0 Å². The predicted octanol–water partition coefficient (Wildman–Crippen LogP) is 1.84. The first-order valence-corrected chi connectivity index (χ1v) is 5.72. The molecule has 1 aliphatic heterocycles. The third-order valence-corrected chi connectivity index (χ3v) is 3.34. The molecule has 1 aliphatic rings. The lowest BCUT2D eigenvalue weighted by atomic mass is 9.45. The number of hydrogen-bond donors (Lipinski definition) is 0. The second-order valence-electron chi connectivity index (χ2n) is 3.99. The summed E-state index contributed by atoms with van der Waals surface area (Å²) in [6, 6.07) is 0. The Morgan fingerprint density at radius 3 is 3.18 bits per heavy atom. The van der Waals surface area contributed by atoms with Crippen molar-refractivity contribution in [3.63, 3.8) is 0 Å². The van der Waals surface area contributed by atoms with Gasteiger partial charge in [-0.2, -0.15) is 5.10 Å². The molecule has 0 fully saturated rings. The molecule has 17 heavy (non-hydrogen) atoms. The molecule has 7 heteroatoms. The van der Waals surface area contributed by atoms with Gasteiger partial charge in [0.1, 0.15) is 6.26 Å². The van der Waals surface area contributed by atoms with Gasteiger partial charge >= 0.3 is 0 Å². The van der Waals surface area contributed by atoms with Crippen LogP contribution in [0, 0.1) is 11.2 Å². The van der Waals surface area contributed by atoms with Crippen molar-refractivity contribution in [2.24, 2.45) is 0 Å². The number of hydrogen-bond acceptors (Lipinski definition) is 4. The minimum Gasteiger partial charge on any atom is -0.443 e. The highest BCUT2D eigenvalue weighted by Gasteiger charge is 2.28. The Balaban J connectivity index is 2.06. The van der Waals surface area contributed by atoms with Crippen LogP contribution in [-0.2, 0) is 12.9 Å². The summed E-state index contributed by atoms with van der Waals surface area (Å²) in [6.45, 7) is 0.739. The summed E-state index contributed by atoms with van der Waals surface area (Å²) in [5.74, 6) is 2.70. The highest BCUT2D eigenvalue weighted by Crippen LogP contribution is 2.31. The van der Waals surface area contributed by atoms with E-state index in [1.165, 1.54) is 6.26 Å². The molecule has 3 rings (SSSR count). The number of nitrogens with zero attached hydrogens (tertiary/aromatic N) is 4. The molecule has 0 amide bonds. The Labute approximate surface area is 103 Å². The largest absolute Gasteiger partial charge is 0.443 e. The summed E-state index contributed by atoms with van der Waals surface area (Å²) in [5.41, 5.74) is 1.46. The summed E-state index contributed by atoms with van der Waals surface area (Å²) in [4.78, 5) is 4.04. The number of aryl methyl sites for hydroxylation is 1. The van der Waals surface area contributed by atoms with Crippen LogP contribution in [-0.4, -0.2) is 21.5 Å². The van der Waals surface area contributed by atoms with Gasteiger partial charge in [0.15, 0.2) is 5.69 Å². The van der Waals surface area contributed by atoms with Crippen molar-refractivity contribution < 1.29 is 4.42 Å².